The summed E-state index contributed by atoms with van der Waals surface area (Å²) in [4.78, 5) is 4.58. The second kappa shape index (κ2) is 9.94. The van der Waals surface area contributed by atoms with Gasteiger partial charge in [-0.1, -0.05) is 72.8 Å². The number of nitrogens with zero attached hydrogens (tertiary/aromatic N) is 1. The number of fused-ring (bicyclic) bond motifs is 1. The average Bonchev–Trinajstić information content (AvgIpc) is 2.79. The maximum absolute atomic E-state index is 6.20. The predicted octanol–water partition coefficient (Wildman–Crippen LogP) is 4.33. The summed E-state index contributed by atoms with van der Waals surface area (Å²) in [5.41, 5.74) is 10.7. The number of hydrogen-bond acceptors (Lipinski definition) is 3. The number of aliphatic imine (C=N–C) groups is 1. The minimum absolute atomic E-state index is 0.114. The Morgan fingerprint density at radius 2 is 1.67 bits per heavy atom. The van der Waals surface area contributed by atoms with E-state index < -0.39 is 0 Å². The molecular weight excluding hydrogens is 374 g/mol. The molecule has 0 saturated heterocycles. The number of hydrogen-bond donors (Lipinski definition) is 2. The zero-order chi connectivity index (χ0) is 20.6. The predicted molar refractivity (Wildman–Crippen MR) is 119 cm³/mol. The Morgan fingerprint density at radius 3 is 2.53 bits per heavy atom. The molecule has 0 saturated carbocycles. The summed E-state index contributed by atoms with van der Waals surface area (Å²) in [5.74, 6) is 1.35. The number of guanidine groups is 1. The minimum atomic E-state index is 0.114. The summed E-state index contributed by atoms with van der Waals surface area (Å²) < 4.78 is 11.6. The Kier molecular flexibility index (Phi) is 6.62. The van der Waals surface area contributed by atoms with Crippen molar-refractivity contribution in [2.75, 3.05) is 6.61 Å². The molecule has 1 atom stereocenters. The molecule has 3 aromatic carbocycles. The summed E-state index contributed by atoms with van der Waals surface area (Å²) in [6.07, 6.45) is 0.858. The number of nitrogens with one attached hydrogen (secondary N) is 1. The van der Waals surface area contributed by atoms with Gasteiger partial charge in [-0.05, 0) is 22.8 Å². The number of nitrogens with two attached hydrogens (primary N) is 1. The molecule has 5 nitrogen and oxygen atoms in total. The third-order valence-corrected chi connectivity index (χ3v) is 5.19. The highest BCUT2D eigenvalue weighted by Gasteiger charge is 2.21. The Labute approximate surface area is 177 Å². The van der Waals surface area contributed by atoms with Crippen LogP contribution in [0.4, 0.5) is 0 Å². The van der Waals surface area contributed by atoms with E-state index in [2.05, 4.69) is 40.6 Å². The van der Waals surface area contributed by atoms with Crippen LogP contribution in [0.15, 0.2) is 83.9 Å². The van der Waals surface area contributed by atoms with E-state index in [9.17, 15) is 0 Å². The van der Waals surface area contributed by atoms with Gasteiger partial charge in [0.25, 0.3) is 0 Å². The molecule has 3 aromatic rings. The van der Waals surface area contributed by atoms with Crippen molar-refractivity contribution in [1.29, 1.82) is 0 Å². The van der Waals surface area contributed by atoms with Crippen molar-refractivity contribution in [1.82, 2.24) is 5.32 Å². The van der Waals surface area contributed by atoms with Crippen LogP contribution in [0.3, 0.4) is 0 Å². The van der Waals surface area contributed by atoms with Crippen molar-refractivity contribution in [2.24, 2.45) is 10.7 Å². The number of benzene rings is 3. The minimum Gasteiger partial charge on any atom is -0.493 e. The van der Waals surface area contributed by atoms with Gasteiger partial charge in [-0.2, -0.15) is 0 Å². The Morgan fingerprint density at radius 1 is 0.933 bits per heavy atom. The lowest BCUT2D eigenvalue weighted by Crippen LogP contribution is -2.37. The van der Waals surface area contributed by atoms with Crippen molar-refractivity contribution < 1.29 is 9.47 Å². The molecule has 3 N–H and O–H groups in total. The van der Waals surface area contributed by atoms with Crippen LogP contribution < -0.4 is 15.8 Å². The van der Waals surface area contributed by atoms with Crippen LogP contribution in [0.1, 0.15) is 34.7 Å². The first kappa shape index (κ1) is 20.0. The molecule has 0 aliphatic carbocycles. The van der Waals surface area contributed by atoms with Gasteiger partial charge in [0.15, 0.2) is 5.96 Å². The molecule has 0 fully saturated rings. The first-order valence-corrected chi connectivity index (χ1v) is 10.3. The van der Waals surface area contributed by atoms with Gasteiger partial charge in [0, 0.05) is 12.0 Å². The Hall–Kier alpha value is -3.31. The maximum Gasteiger partial charge on any atom is 0.189 e. The van der Waals surface area contributed by atoms with Crippen molar-refractivity contribution in [3.8, 4) is 5.75 Å². The van der Waals surface area contributed by atoms with Gasteiger partial charge in [-0.3, -0.25) is 0 Å². The first-order valence-electron chi connectivity index (χ1n) is 10.3. The molecule has 4 rings (SSSR count). The van der Waals surface area contributed by atoms with Crippen LogP contribution in [0.2, 0.25) is 0 Å². The molecule has 1 aliphatic rings. The smallest absolute Gasteiger partial charge is 0.189 e. The zero-order valence-corrected chi connectivity index (χ0v) is 17.0. The SMILES string of the molecule is NC(=NCc1ccccc1COCc1ccccc1)NC1CCOc2ccccc21. The van der Waals surface area contributed by atoms with E-state index in [0.29, 0.717) is 32.3 Å². The number of rotatable bonds is 7. The van der Waals surface area contributed by atoms with Crippen molar-refractivity contribution in [2.45, 2.75) is 32.2 Å². The Balaban J connectivity index is 1.36. The van der Waals surface area contributed by atoms with E-state index in [1.54, 1.807) is 0 Å². The van der Waals surface area contributed by atoms with E-state index in [1.165, 1.54) is 0 Å². The quantitative estimate of drug-likeness (QED) is 0.457. The van der Waals surface area contributed by atoms with Gasteiger partial charge in [0.05, 0.1) is 32.4 Å². The van der Waals surface area contributed by atoms with Gasteiger partial charge < -0.3 is 20.5 Å². The Bertz CT molecular complexity index is 988. The molecule has 5 heteroatoms. The first-order chi connectivity index (χ1) is 14.8. The number of ether oxygens (including phenoxy) is 2. The topological polar surface area (TPSA) is 68.9 Å². The zero-order valence-electron chi connectivity index (χ0n) is 17.0. The van der Waals surface area contributed by atoms with E-state index >= 15 is 0 Å². The maximum atomic E-state index is 6.20. The largest absolute Gasteiger partial charge is 0.493 e. The summed E-state index contributed by atoms with van der Waals surface area (Å²) in [6.45, 7) is 2.31. The van der Waals surface area contributed by atoms with E-state index in [1.807, 2.05) is 48.5 Å². The third-order valence-electron chi connectivity index (χ3n) is 5.19. The van der Waals surface area contributed by atoms with Gasteiger partial charge in [-0.15, -0.1) is 0 Å². The fraction of sp³-hybridized carbons (Fsp3) is 0.240. The van der Waals surface area contributed by atoms with Crippen molar-refractivity contribution in [3.63, 3.8) is 0 Å². The standard InChI is InChI=1S/C25H27N3O2/c26-25(28-23-14-15-30-24-13-7-6-12-22(23)24)27-16-20-10-4-5-11-21(20)18-29-17-19-8-2-1-3-9-19/h1-13,23H,14-18H2,(H3,26,27,28). The van der Waals surface area contributed by atoms with Crippen LogP contribution in [0.5, 0.6) is 5.75 Å². The van der Waals surface area contributed by atoms with Gasteiger partial charge in [-0.25, -0.2) is 4.99 Å². The molecule has 0 aromatic heterocycles. The highest BCUT2D eigenvalue weighted by atomic mass is 16.5. The second-order valence-corrected chi connectivity index (χ2v) is 7.32. The van der Waals surface area contributed by atoms with Gasteiger partial charge in [0.2, 0.25) is 0 Å². The molecule has 0 radical (unpaired) electrons. The van der Waals surface area contributed by atoms with Gasteiger partial charge in [0.1, 0.15) is 5.75 Å². The molecule has 154 valence electrons. The molecule has 0 spiro atoms. The summed E-state index contributed by atoms with van der Waals surface area (Å²) >= 11 is 0. The molecule has 0 bridgehead atoms. The van der Waals surface area contributed by atoms with Crippen LogP contribution in [0, 0.1) is 0 Å². The lowest BCUT2D eigenvalue weighted by Gasteiger charge is -2.27. The summed E-state index contributed by atoms with van der Waals surface area (Å²) in [7, 11) is 0. The number of para-hydroxylation sites is 1. The molecule has 1 heterocycles. The van der Waals surface area contributed by atoms with Crippen LogP contribution >= 0.6 is 0 Å². The van der Waals surface area contributed by atoms with Gasteiger partial charge >= 0.3 is 0 Å². The van der Waals surface area contributed by atoms with Crippen molar-refractivity contribution >= 4 is 5.96 Å². The lowest BCUT2D eigenvalue weighted by molar-refractivity contribution is 0.106. The van der Waals surface area contributed by atoms with E-state index in [4.69, 9.17) is 15.2 Å². The fourth-order valence-corrected chi connectivity index (χ4v) is 3.59. The summed E-state index contributed by atoms with van der Waals surface area (Å²) in [5, 5.41) is 3.35. The molecular formula is C25H27N3O2. The highest BCUT2D eigenvalue weighted by Crippen LogP contribution is 2.31. The molecule has 0 amide bonds. The van der Waals surface area contributed by atoms with E-state index in [-0.39, 0.29) is 6.04 Å². The van der Waals surface area contributed by atoms with E-state index in [0.717, 1.165) is 34.4 Å². The van der Waals surface area contributed by atoms with Crippen LogP contribution in [-0.2, 0) is 24.5 Å². The lowest BCUT2D eigenvalue weighted by atomic mass is 10.0. The molecule has 30 heavy (non-hydrogen) atoms. The van der Waals surface area contributed by atoms with Crippen LogP contribution in [0.25, 0.3) is 0 Å². The average molecular weight is 402 g/mol. The van der Waals surface area contributed by atoms with Crippen LogP contribution in [-0.4, -0.2) is 12.6 Å². The summed E-state index contributed by atoms with van der Waals surface area (Å²) in [6, 6.07) is 26.5. The second-order valence-electron chi connectivity index (χ2n) is 7.32. The monoisotopic (exact) mass is 401 g/mol. The normalized spacial score (nSPS) is 15.9. The molecule has 1 unspecified atom stereocenters. The van der Waals surface area contributed by atoms with Crippen molar-refractivity contribution in [3.05, 3.63) is 101 Å². The third kappa shape index (κ3) is 5.19. The fourth-order valence-electron chi connectivity index (χ4n) is 3.59. The highest BCUT2D eigenvalue weighted by molar-refractivity contribution is 5.78. The molecule has 1 aliphatic heterocycles.